The van der Waals surface area contributed by atoms with Crippen molar-refractivity contribution < 1.29 is 9.90 Å². The molecular formula is C17H33ClN2O2. The van der Waals surface area contributed by atoms with E-state index in [0.717, 1.165) is 12.8 Å². The Morgan fingerprint density at radius 1 is 1.32 bits per heavy atom. The predicted octanol–water partition coefficient (Wildman–Crippen LogP) is 2.48. The molecule has 2 bridgehead atoms. The molecule has 2 aliphatic carbocycles. The molecule has 2 fully saturated rings. The van der Waals surface area contributed by atoms with Crippen LogP contribution in [0, 0.1) is 23.2 Å². The van der Waals surface area contributed by atoms with Gasteiger partial charge >= 0.3 is 0 Å². The van der Waals surface area contributed by atoms with Crippen LogP contribution in [-0.4, -0.2) is 29.7 Å². The monoisotopic (exact) mass is 332 g/mol. The lowest BCUT2D eigenvalue weighted by Crippen LogP contribution is -2.49. The number of aliphatic hydroxyl groups excluding tert-OH is 1. The number of nitrogens with one attached hydrogen (secondary N) is 1. The molecule has 2 rings (SSSR count). The first-order chi connectivity index (χ1) is 9.78. The number of halogens is 1. The number of fused-ring (bicyclic) bond motifs is 2. The van der Waals surface area contributed by atoms with Crippen LogP contribution in [0.25, 0.3) is 0 Å². The second-order valence-electron chi connectivity index (χ2n) is 8.13. The summed E-state index contributed by atoms with van der Waals surface area (Å²) in [7, 11) is 0. The summed E-state index contributed by atoms with van der Waals surface area (Å²) < 4.78 is 0. The van der Waals surface area contributed by atoms with E-state index in [2.05, 4.69) is 19.2 Å². The van der Waals surface area contributed by atoms with Gasteiger partial charge in [0.25, 0.3) is 0 Å². The molecule has 0 aromatic heterocycles. The predicted molar refractivity (Wildman–Crippen MR) is 91.9 cm³/mol. The first-order valence-corrected chi connectivity index (χ1v) is 8.50. The van der Waals surface area contributed by atoms with E-state index in [1.54, 1.807) is 6.92 Å². The van der Waals surface area contributed by atoms with Crippen molar-refractivity contribution in [3.05, 3.63) is 0 Å². The van der Waals surface area contributed by atoms with Crippen LogP contribution in [0.5, 0.6) is 0 Å². The number of hydrogen-bond donors (Lipinski definition) is 3. The molecule has 0 spiro atoms. The lowest BCUT2D eigenvalue weighted by atomic mass is 9.65. The second kappa shape index (κ2) is 7.98. The molecule has 1 amide bonds. The maximum absolute atomic E-state index is 12.5. The molecule has 0 saturated heterocycles. The lowest BCUT2D eigenvalue weighted by molar-refractivity contribution is -0.128. The Bertz CT molecular complexity index is 360. The molecule has 3 atom stereocenters. The highest BCUT2D eigenvalue weighted by molar-refractivity contribution is 5.85. The van der Waals surface area contributed by atoms with E-state index in [9.17, 15) is 9.90 Å². The summed E-state index contributed by atoms with van der Waals surface area (Å²) in [5.41, 5.74) is 6.22. The number of rotatable bonds is 5. The van der Waals surface area contributed by atoms with Gasteiger partial charge in [-0.2, -0.15) is 0 Å². The number of nitrogens with two attached hydrogens (primary N) is 1. The molecular weight excluding hydrogens is 300 g/mol. The van der Waals surface area contributed by atoms with E-state index in [0.29, 0.717) is 30.8 Å². The van der Waals surface area contributed by atoms with Gasteiger partial charge in [-0.25, -0.2) is 0 Å². The van der Waals surface area contributed by atoms with Gasteiger partial charge in [0.15, 0.2) is 0 Å². The third-order valence-corrected chi connectivity index (χ3v) is 5.37. The van der Waals surface area contributed by atoms with Crippen molar-refractivity contribution in [1.29, 1.82) is 0 Å². The van der Waals surface area contributed by atoms with Crippen LogP contribution in [0.15, 0.2) is 0 Å². The van der Waals surface area contributed by atoms with Crippen LogP contribution in [0.2, 0.25) is 0 Å². The fourth-order valence-corrected chi connectivity index (χ4v) is 4.35. The van der Waals surface area contributed by atoms with E-state index in [4.69, 9.17) is 5.73 Å². The normalized spacial score (nSPS) is 32.8. The third-order valence-electron chi connectivity index (χ3n) is 5.37. The molecule has 0 aromatic rings. The van der Waals surface area contributed by atoms with Crippen LogP contribution >= 0.6 is 12.4 Å². The third kappa shape index (κ3) is 5.10. The molecule has 0 heterocycles. The number of carbonyl (C=O) groups excluding carboxylic acids is 1. The Balaban J connectivity index is 0.00000242. The summed E-state index contributed by atoms with van der Waals surface area (Å²) in [4.78, 5) is 12.5. The molecule has 3 unspecified atom stereocenters. The van der Waals surface area contributed by atoms with Gasteiger partial charge in [-0.15, -0.1) is 12.4 Å². The minimum atomic E-state index is -0.330. The van der Waals surface area contributed by atoms with Crippen molar-refractivity contribution >= 4 is 18.3 Å². The second-order valence-corrected chi connectivity index (χ2v) is 8.13. The van der Waals surface area contributed by atoms with E-state index in [1.807, 2.05) is 0 Å². The van der Waals surface area contributed by atoms with Crippen LogP contribution in [0.3, 0.4) is 0 Å². The number of carbonyl (C=O) groups is 1. The molecule has 5 heteroatoms. The zero-order chi connectivity index (χ0) is 15.6. The average molecular weight is 333 g/mol. The van der Waals surface area contributed by atoms with Gasteiger partial charge in [-0.3, -0.25) is 4.79 Å². The lowest BCUT2D eigenvalue weighted by Gasteiger charge is -2.43. The Hall–Kier alpha value is -0.320. The Labute approximate surface area is 141 Å². The molecule has 22 heavy (non-hydrogen) atoms. The highest BCUT2D eigenvalue weighted by Gasteiger charge is 2.40. The van der Waals surface area contributed by atoms with Crippen molar-refractivity contribution in [3.8, 4) is 0 Å². The van der Waals surface area contributed by atoms with E-state index < -0.39 is 0 Å². The number of amides is 1. The standard InChI is InChI=1S/C17H32N2O2.ClH/c1-11(20)9-17(2,3)10-19-16(21)14-7-12-5-4-6-13(8-14)15(12)18;/h11-15,20H,4-10,18H2,1-3H3,(H,19,21);1H. The van der Waals surface area contributed by atoms with Gasteiger partial charge < -0.3 is 16.2 Å². The Kier molecular flexibility index (Phi) is 7.16. The van der Waals surface area contributed by atoms with Crippen molar-refractivity contribution in [2.75, 3.05) is 6.54 Å². The van der Waals surface area contributed by atoms with Gasteiger partial charge in [0.05, 0.1) is 6.10 Å². The van der Waals surface area contributed by atoms with Gasteiger partial charge in [-0.05, 0) is 56.3 Å². The van der Waals surface area contributed by atoms with Gasteiger partial charge in [-0.1, -0.05) is 20.3 Å². The molecule has 0 radical (unpaired) electrons. The fourth-order valence-electron chi connectivity index (χ4n) is 4.35. The molecule has 2 aliphatic rings. The topological polar surface area (TPSA) is 75.3 Å². The average Bonchev–Trinajstić information content (AvgIpc) is 2.34. The minimum Gasteiger partial charge on any atom is -0.393 e. The van der Waals surface area contributed by atoms with Crippen LogP contribution in [0.1, 0.15) is 59.3 Å². The van der Waals surface area contributed by atoms with Crippen molar-refractivity contribution in [2.24, 2.45) is 28.9 Å². The summed E-state index contributed by atoms with van der Waals surface area (Å²) in [6, 6.07) is 0.314. The van der Waals surface area contributed by atoms with Crippen molar-refractivity contribution in [3.63, 3.8) is 0 Å². The van der Waals surface area contributed by atoms with E-state index in [-0.39, 0.29) is 35.8 Å². The quantitative estimate of drug-likeness (QED) is 0.724. The van der Waals surface area contributed by atoms with Gasteiger partial charge in [0, 0.05) is 18.5 Å². The van der Waals surface area contributed by atoms with E-state index in [1.165, 1.54) is 19.3 Å². The van der Waals surface area contributed by atoms with Gasteiger partial charge in [0.1, 0.15) is 0 Å². The summed E-state index contributed by atoms with van der Waals surface area (Å²) in [5, 5.41) is 12.6. The highest BCUT2D eigenvalue weighted by Crippen LogP contribution is 2.41. The zero-order valence-corrected chi connectivity index (χ0v) is 15.0. The van der Waals surface area contributed by atoms with Gasteiger partial charge in [0.2, 0.25) is 5.91 Å². The summed E-state index contributed by atoms with van der Waals surface area (Å²) in [6.45, 7) is 6.61. The smallest absolute Gasteiger partial charge is 0.223 e. The molecule has 130 valence electrons. The molecule has 4 nitrogen and oxygen atoms in total. The SMILES string of the molecule is CC(O)CC(C)(C)CNC(=O)C1CC2CCCC(C1)C2N.Cl. The first-order valence-electron chi connectivity index (χ1n) is 8.50. The van der Waals surface area contributed by atoms with E-state index >= 15 is 0 Å². The maximum atomic E-state index is 12.5. The number of aliphatic hydroxyl groups is 1. The van der Waals surface area contributed by atoms with Crippen LogP contribution < -0.4 is 11.1 Å². The first kappa shape index (κ1) is 19.7. The summed E-state index contributed by atoms with van der Waals surface area (Å²) in [5.74, 6) is 1.41. The van der Waals surface area contributed by atoms with Crippen LogP contribution in [-0.2, 0) is 4.79 Å². The molecule has 4 N–H and O–H groups in total. The Morgan fingerprint density at radius 2 is 1.86 bits per heavy atom. The molecule has 0 aromatic carbocycles. The summed E-state index contributed by atoms with van der Waals surface area (Å²) >= 11 is 0. The van der Waals surface area contributed by atoms with Crippen molar-refractivity contribution in [2.45, 2.75) is 71.4 Å². The van der Waals surface area contributed by atoms with Crippen LogP contribution in [0.4, 0.5) is 0 Å². The largest absolute Gasteiger partial charge is 0.393 e. The van der Waals surface area contributed by atoms with Crippen molar-refractivity contribution in [1.82, 2.24) is 5.32 Å². The molecule has 2 saturated carbocycles. The minimum absolute atomic E-state index is 0. The Morgan fingerprint density at radius 3 is 2.36 bits per heavy atom. The highest BCUT2D eigenvalue weighted by atomic mass is 35.5. The maximum Gasteiger partial charge on any atom is 0.223 e. The number of hydrogen-bond acceptors (Lipinski definition) is 3. The summed E-state index contributed by atoms with van der Waals surface area (Å²) in [6.07, 6.45) is 5.95. The molecule has 0 aliphatic heterocycles. The fraction of sp³-hybridized carbons (Fsp3) is 0.941. The zero-order valence-electron chi connectivity index (χ0n) is 14.2.